The Morgan fingerprint density at radius 2 is 2.36 bits per heavy atom. The van der Waals surface area contributed by atoms with Crippen LogP contribution in [0.3, 0.4) is 0 Å². The zero-order valence-electron chi connectivity index (χ0n) is 19.1. The largest absolute Gasteiger partial charge is 0.475 e. The van der Waals surface area contributed by atoms with E-state index >= 15 is 0 Å². The highest BCUT2D eigenvalue weighted by Gasteiger charge is 2.62. The molecule has 0 saturated carbocycles. The molecule has 2 fully saturated rings. The lowest BCUT2D eigenvalue weighted by atomic mass is 9.92. The summed E-state index contributed by atoms with van der Waals surface area (Å²) in [5, 5.41) is 25.1. The fourth-order valence-electron chi connectivity index (χ4n) is 3.49. The number of nitrogen functional groups attached to an aromatic ring is 1. The van der Waals surface area contributed by atoms with E-state index in [0.717, 1.165) is 18.1 Å². The molecule has 2 aromatic heterocycles. The van der Waals surface area contributed by atoms with Gasteiger partial charge in [-0.1, -0.05) is 32.5 Å². The second kappa shape index (κ2) is 8.63. The summed E-state index contributed by atoms with van der Waals surface area (Å²) in [6, 6.07) is 3.17. The lowest BCUT2D eigenvalue weighted by Crippen LogP contribution is -2.43. The Balaban J connectivity index is 1.52. The molecular weight excluding hydrogens is 473 g/mol. The van der Waals surface area contributed by atoms with E-state index in [9.17, 15) is 19.7 Å². The molecule has 2 saturated heterocycles. The first-order chi connectivity index (χ1) is 15.9. The fraction of sp³-hybridized carbons (Fsp3) is 0.579. The minimum absolute atomic E-state index is 0.0181. The number of nitrogens with zero attached hydrogens (tertiary/aromatic N) is 4. The number of phosphoric acid groups is 1. The van der Waals surface area contributed by atoms with Gasteiger partial charge in [-0.15, -0.1) is 0 Å². The summed E-state index contributed by atoms with van der Waals surface area (Å²) in [6.07, 6.45) is -2.64. The summed E-state index contributed by atoms with van der Waals surface area (Å²) in [6.45, 7) is 5.01. The summed E-state index contributed by atoms with van der Waals surface area (Å²) < 4.78 is 44.3. The van der Waals surface area contributed by atoms with Gasteiger partial charge in [0.05, 0.1) is 20.3 Å². The maximum atomic E-state index is 13.0. The first-order valence-corrected chi connectivity index (χ1v) is 12.5. The number of hydrogen-bond donors (Lipinski definition) is 2. The first-order valence-electron chi connectivity index (χ1n) is 10.5. The molecule has 4 heterocycles. The van der Waals surface area contributed by atoms with Crippen molar-refractivity contribution in [3.63, 3.8) is 0 Å². The van der Waals surface area contributed by atoms with Crippen LogP contribution in [0.25, 0.3) is 5.52 Å². The Labute approximate surface area is 195 Å². The van der Waals surface area contributed by atoms with Crippen molar-refractivity contribution in [3.05, 3.63) is 24.1 Å². The third-order valence-electron chi connectivity index (χ3n) is 5.20. The number of carbonyl (C=O) groups is 1. The monoisotopic (exact) mass is 498 g/mol. The van der Waals surface area contributed by atoms with Gasteiger partial charge >= 0.3 is 7.82 Å². The summed E-state index contributed by atoms with van der Waals surface area (Å²) in [4.78, 5) is 15.9. The Kier molecular flexibility index (Phi) is 5.95. The number of anilines is 1. The number of aliphatic hydroxyl groups is 1. The number of rotatable bonds is 5. The molecule has 3 N–H and O–H groups in total. The lowest BCUT2D eigenvalue weighted by molar-refractivity contribution is -0.117. The maximum absolute atomic E-state index is 13.0. The number of phosphoric ester groups is 1. The van der Waals surface area contributed by atoms with Crippen LogP contribution in [0.2, 0.25) is 0 Å². The maximum Gasteiger partial charge on any atom is 0.475 e. The van der Waals surface area contributed by atoms with E-state index in [-0.39, 0.29) is 47.2 Å². The second-order valence-corrected chi connectivity index (χ2v) is 11.2. The van der Waals surface area contributed by atoms with E-state index in [1.807, 2.05) is 6.07 Å². The molecule has 0 spiro atoms. The highest BCUT2D eigenvalue weighted by molar-refractivity contribution is 8.13. The third-order valence-corrected chi connectivity index (χ3v) is 7.91. The van der Waals surface area contributed by atoms with Crippen LogP contribution in [0.1, 0.15) is 27.8 Å². The van der Waals surface area contributed by atoms with Gasteiger partial charge in [-0.3, -0.25) is 18.4 Å². The molecule has 2 aliphatic rings. The van der Waals surface area contributed by atoms with Gasteiger partial charge in [0.25, 0.3) is 0 Å². The van der Waals surface area contributed by atoms with Gasteiger partial charge in [-0.05, 0) is 12.1 Å². The number of thioether (sulfide) groups is 1. The van der Waals surface area contributed by atoms with Gasteiger partial charge in [0.1, 0.15) is 36.2 Å². The van der Waals surface area contributed by atoms with Crippen molar-refractivity contribution in [1.29, 1.82) is 5.26 Å². The molecule has 33 heavy (non-hydrogen) atoms. The Morgan fingerprint density at radius 3 is 3.06 bits per heavy atom. The smallest absolute Gasteiger partial charge is 0.386 e. The predicted molar refractivity (Wildman–Crippen MR) is 117 cm³/mol. The van der Waals surface area contributed by atoms with Gasteiger partial charge < -0.3 is 15.6 Å². The lowest BCUT2D eigenvalue weighted by Gasteiger charge is -2.30. The van der Waals surface area contributed by atoms with Gasteiger partial charge in [0.15, 0.2) is 10.9 Å². The van der Waals surface area contributed by atoms with Gasteiger partial charge in [0.2, 0.25) is 5.60 Å². The molecule has 0 amide bonds. The molecule has 4 rings (SSSR count). The van der Waals surface area contributed by atoms with Crippen molar-refractivity contribution in [2.45, 2.75) is 44.7 Å². The van der Waals surface area contributed by atoms with E-state index in [2.05, 4.69) is 10.1 Å². The number of ether oxygens (including phenoxy) is 1. The number of carbonyl (C=O) groups excluding carboxylic acids is 1. The molecule has 178 valence electrons. The van der Waals surface area contributed by atoms with Gasteiger partial charge in [-0.2, -0.15) is 10.4 Å². The Bertz CT molecular complexity index is 1210. The molecule has 2 aliphatic heterocycles. The highest BCUT2D eigenvalue weighted by Crippen LogP contribution is 2.58. The summed E-state index contributed by atoms with van der Waals surface area (Å²) >= 11 is 1.04. The average Bonchev–Trinajstić information content (AvgIpc) is 3.26. The average molecular weight is 498 g/mol. The standard InChI is InChI=1S/C19H24N5O7PS/c1-18(2,3)17(26)33-7-6-28-32(27)29-8-12-14(31-32)15(25)19(9-20,30-12)13-5-4-11-16(21)22-10-23-24(11)13/h4-5,10,12,14-15,25H,6-8H2,1-3H3,(H2,21,22,23)/t12-,14-,15-,19+,32+/m1/s1/i4D. The molecule has 5 atom stereocenters. The molecule has 0 bridgehead atoms. The van der Waals surface area contributed by atoms with Crippen molar-refractivity contribution >= 4 is 36.0 Å². The number of hydrogen-bond acceptors (Lipinski definition) is 12. The van der Waals surface area contributed by atoms with E-state index < -0.39 is 37.2 Å². The van der Waals surface area contributed by atoms with Gasteiger partial charge in [-0.25, -0.2) is 14.1 Å². The van der Waals surface area contributed by atoms with E-state index in [1.165, 1.54) is 10.6 Å². The summed E-state index contributed by atoms with van der Waals surface area (Å²) in [7, 11) is -4.09. The first kappa shape index (κ1) is 22.7. The number of nitriles is 1. The van der Waals surface area contributed by atoms with Crippen LogP contribution < -0.4 is 5.73 Å². The Hall–Kier alpha value is -2.04. The predicted octanol–water partition coefficient (Wildman–Crippen LogP) is 1.64. The quantitative estimate of drug-likeness (QED) is 0.452. The van der Waals surface area contributed by atoms with Crippen molar-refractivity contribution in [1.82, 2.24) is 14.6 Å². The number of aromatic nitrogens is 3. The molecule has 12 nitrogen and oxygen atoms in total. The SMILES string of the molecule is [2H]c1cc([C@]2(C#N)O[C@@H]3CO[P@](=O)(OCCSC(=O)C(C)(C)C)O[C@H]3[C@H]2O)n2ncnc(N)c12. The van der Waals surface area contributed by atoms with Crippen LogP contribution in [0.15, 0.2) is 18.4 Å². The fourth-order valence-corrected chi connectivity index (χ4v) is 5.78. The molecule has 0 aliphatic carbocycles. The second-order valence-electron chi connectivity index (χ2n) is 8.56. The van der Waals surface area contributed by atoms with Crippen LogP contribution in [-0.4, -0.2) is 62.1 Å². The Morgan fingerprint density at radius 1 is 1.61 bits per heavy atom. The molecule has 14 heteroatoms. The topological polar surface area (TPSA) is 171 Å². The van der Waals surface area contributed by atoms with Crippen molar-refractivity contribution < 1.29 is 34.1 Å². The molecular formula is C19H24N5O7PS. The van der Waals surface area contributed by atoms with Crippen LogP contribution in [0.5, 0.6) is 0 Å². The minimum atomic E-state index is -4.09. The van der Waals surface area contributed by atoms with E-state index in [1.54, 1.807) is 20.8 Å². The van der Waals surface area contributed by atoms with E-state index in [4.69, 9.17) is 25.4 Å². The van der Waals surface area contributed by atoms with Crippen molar-refractivity contribution in [3.8, 4) is 6.07 Å². The highest BCUT2D eigenvalue weighted by atomic mass is 32.2. The summed E-state index contributed by atoms with van der Waals surface area (Å²) in [5.74, 6) is 0.246. The number of fused-ring (bicyclic) bond motifs is 2. The number of nitrogens with two attached hydrogens (primary N) is 1. The third kappa shape index (κ3) is 4.28. The van der Waals surface area contributed by atoms with Crippen LogP contribution in [0.4, 0.5) is 5.82 Å². The van der Waals surface area contributed by atoms with Crippen LogP contribution in [-0.2, 0) is 33.3 Å². The normalized spacial score (nSPS) is 32.3. The number of aliphatic hydroxyl groups excluding tert-OH is 1. The molecule has 2 aromatic rings. The minimum Gasteiger partial charge on any atom is -0.386 e. The van der Waals surface area contributed by atoms with E-state index in [0.29, 0.717) is 0 Å². The molecule has 0 aromatic carbocycles. The molecule has 0 unspecified atom stereocenters. The van der Waals surface area contributed by atoms with Gasteiger partial charge in [0, 0.05) is 11.2 Å². The summed E-state index contributed by atoms with van der Waals surface area (Å²) in [5.41, 5.74) is 3.50. The van der Waals surface area contributed by atoms with Crippen LogP contribution in [0, 0.1) is 16.7 Å². The zero-order chi connectivity index (χ0) is 24.9. The van der Waals surface area contributed by atoms with Crippen molar-refractivity contribution in [2.24, 2.45) is 5.41 Å². The molecule has 0 radical (unpaired) electrons. The zero-order valence-corrected chi connectivity index (χ0v) is 19.8. The van der Waals surface area contributed by atoms with Crippen LogP contribution >= 0.6 is 19.6 Å². The van der Waals surface area contributed by atoms with Crippen molar-refractivity contribution in [2.75, 3.05) is 24.7 Å².